The highest BCUT2D eigenvalue weighted by Gasteiger charge is 2.10. The van der Waals surface area contributed by atoms with Crippen LogP contribution < -0.4 is 9.47 Å². The Labute approximate surface area is 131 Å². The fourth-order valence-electron chi connectivity index (χ4n) is 2.26. The predicted molar refractivity (Wildman–Crippen MR) is 86.3 cm³/mol. The summed E-state index contributed by atoms with van der Waals surface area (Å²) < 4.78 is 11.1. The van der Waals surface area contributed by atoms with Crippen molar-refractivity contribution >= 4 is 0 Å². The summed E-state index contributed by atoms with van der Waals surface area (Å²) in [6.07, 6.45) is 4.39. The van der Waals surface area contributed by atoms with Crippen LogP contribution in [0, 0.1) is 0 Å². The lowest BCUT2D eigenvalue weighted by Crippen LogP contribution is -2.07. The van der Waals surface area contributed by atoms with Gasteiger partial charge in [0.25, 0.3) is 0 Å². The molecule has 0 bridgehead atoms. The summed E-state index contributed by atoms with van der Waals surface area (Å²) in [5, 5.41) is 10.2. The molecule has 0 aliphatic rings. The van der Waals surface area contributed by atoms with Crippen LogP contribution in [0.4, 0.5) is 0 Å². The zero-order valence-electron chi connectivity index (χ0n) is 13.3. The fraction of sp³-hybridized carbons (Fsp3) is 0.389. The van der Waals surface area contributed by atoms with Crippen molar-refractivity contribution in [3.63, 3.8) is 0 Å². The van der Waals surface area contributed by atoms with Gasteiger partial charge in [0.1, 0.15) is 0 Å². The standard InChI is InChI=1S/C18H23NO3/c1-13(2)22-17-9-7-14(11-18(17)21-3)6-8-16(20)15-5-4-10-19-12-15/h4-5,7,9-13,16,20H,6,8H2,1-3H3. The highest BCUT2D eigenvalue weighted by molar-refractivity contribution is 5.43. The molecule has 118 valence electrons. The van der Waals surface area contributed by atoms with Crippen LogP contribution in [0.2, 0.25) is 0 Å². The van der Waals surface area contributed by atoms with E-state index in [0.717, 1.165) is 29.0 Å². The molecule has 4 nitrogen and oxygen atoms in total. The van der Waals surface area contributed by atoms with E-state index in [-0.39, 0.29) is 6.10 Å². The Morgan fingerprint density at radius 3 is 2.64 bits per heavy atom. The number of ether oxygens (including phenoxy) is 2. The lowest BCUT2D eigenvalue weighted by atomic mass is 10.0. The summed E-state index contributed by atoms with van der Waals surface area (Å²) in [5.74, 6) is 1.47. The molecule has 22 heavy (non-hydrogen) atoms. The number of methoxy groups -OCH3 is 1. The molecule has 1 unspecified atom stereocenters. The van der Waals surface area contributed by atoms with Gasteiger partial charge in [-0.25, -0.2) is 0 Å². The third-order valence-electron chi connectivity index (χ3n) is 3.37. The SMILES string of the molecule is COc1cc(CCC(O)c2cccnc2)ccc1OC(C)C. The molecule has 0 aliphatic heterocycles. The molecule has 0 fully saturated rings. The minimum atomic E-state index is -0.508. The zero-order chi connectivity index (χ0) is 15.9. The molecule has 4 heteroatoms. The molecule has 0 amide bonds. The van der Waals surface area contributed by atoms with Crippen molar-refractivity contribution in [2.45, 2.75) is 38.9 Å². The summed E-state index contributed by atoms with van der Waals surface area (Å²) >= 11 is 0. The minimum Gasteiger partial charge on any atom is -0.493 e. The monoisotopic (exact) mass is 301 g/mol. The second-order valence-electron chi connectivity index (χ2n) is 5.49. The van der Waals surface area contributed by atoms with E-state index in [4.69, 9.17) is 9.47 Å². The molecule has 0 radical (unpaired) electrons. The van der Waals surface area contributed by atoms with Crippen LogP contribution in [0.1, 0.15) is 37.5 Å². The first-order valence-electron chi connectivity index (χ1n) is 7.51. The molecule has 0 saturated carbocycles. The van der Waals surface area contributed by atoms with Crippen LogP contribution in [0.5, 0.6) is 11.5 Å². The highest BCUT2D eigenvalue weighted by Crippen LogP contribution is 2.30. The molecule has 1 aromatic carbocycles. The van der Waals surface area contributed by atoms with Gasteiger partial charge >= 0.3 is 0 Å². The molecule has 1 aromatic heterocycles. The molecule has 0 spiro atoms. The van der Waals surface area contributed by atoms with Crippen molar-refractivity contribution in [1.29, 1.82) is 0 Å². The summed E-state index contributed by atoms with van der Waals surface area (Å²) in [7, 11) is 1.64. The van der Waals surface area contributed by atoms with E-state index in [1.807, 2.05) is 44.2 Å². The largest absolute Gasteiger partial charge is 0.493 e. The van der Waals surface area contributed by atoms with Gasteiger partial charge in [0.05, 0.1) is 19.3 Å². The maximum absolute atomic E-state index is 10.2. The maximum atomic E-state index is 10.2. The summed E-state index contributed by atoms with van der Waals surface area (Å²) in [6.45, 7) is 3.97. The number of aliphatic hydroxyl groups is 1. The maximum Gasteiger partial charge on any atom is 0.161 e. The Balaban J connectivity index is 2.01. The molecule has 0 saturated heterocycles. The molecule has 1 atom stereocenters. The van der Waals surface area contributed by atoms with Gasteiger partial charge in [-0.2, -0.15) is 0 Å². The second-order valence-corrected chi connectivity index (χ2v) is 5.49. The lowest BCUT2D eigenvalue weighted by molar-refractivity contribution is 0.167. The predicted octanol–water partition coefficient (Wildman–Crippen LogP) is 3.54. The van der Waals surface area contributed by atoms with E-state index in [9.17, 15) is 5.11 Å². The Kier molecular flexibility index (Phi) is 5.78. The van der Waals surface area contributed by atoms with Crippen LogP contribution >= 0.6 is 0 Å². The van der Waals surface area contributed by atoms with E-state index in [1.54, 1.807) is 19.5 Å². The van der Waals surface area contributed by atoms with Gasteiger partial charge in [-0.05, 0) is 56.0 Å². The number of hydrogen-bond donors (Lipinski definition) is 1. The van der Waals surface area contributed by atoms with Crippen LogP contribution in [0.3, 0.4) is 0 Å². The van der Waals surface area contributed by atoms with Gasteiger partial charge in [0.2, 0.25) is 0 Å². The van der Waals surface area contributed by atoms with E-state index >= 15 is 0 Å². The van der Waals surface area contributed by atoms with E-state index in [2.05, 4.69) is 4.98 Å². The number of aliphatic hydroxyl groups excluding tert-OH is 1. The first-order valence-corrected chi connectivity index (χ1v) is 7.51. The van der Waals surface area contributed by atoms with Gasteiger partial charge in [0.15, 0.2) is 11.5 Å². The Hall–Kier alpha value is -2.07. The molecular weight excluding hydrogens is 278 g/mol. The normalized spacial score (nSPS) is 12.2. The molecule has 2 rings (SSSR count). The van der Waals surface area contributed by atoms with Gasteiger partial charge in [0, 0.05) is 12.4 Å². The number of aromatic nitrogens is 1. The number of hydrogen-bond acceptors (Lipinski definition) is 4. The second kappa shape index (κ2) is 7.80. The van der Waals surface area contributed by atoms with Gasteiger partial charge in [-0.1, -0.05) is 12.1 Å². The molecule has 2 aromatic rings. The van der Waals surface area contributed by atoms with Crippen molar-refractivity contribution < 1.29 is 14.6 Å². The lowest BCUT2D eigenvalue weighted by Gasteiger charge is -2.15. The Morgan fingerprint density at radius 2 is 2.00 bits per heavy atom. The van der Waals surface area contributed by atoms with Crippen molar-refractivity contribution in [2.75, 3.05) is 7.11 Å². The van der Waals surface area contributed by atoms with Crippen LogP contribution in [-0.4, -0.2) is 23.3 Å². The molecular formula is C18H23NO3. The topological polar surface area (TPSA) is 51.6 Å². The summed E-state index contributed by atoms with van der Waals surface area (Å²) in [6, 6.07) is 9.62. The smallest absolute Gasteiger partial charge is 0.161 e. The first-order chi connectivity index (χ1) is 10.6. The number of benzene rings is 1. The first kappa shape index (κ1) is 16.3. The average molecular weight is 301 g/mol. The quantitative estimate of drug-likeness (QED) is 0.850. The van der Waals surface area contributed by atoms with Crippen molar-refractivity contribution in [2.24, 2.45) is 0 Å². The minimum absolute atomic E-state index is 0.104. The molecule has 1 heterocycles. The number of nitrogens with zero attached hydrogens (tertiary/aromatic N) is 1. The highest BCUT2D eigenvalue weighted by atomic mass is 16.5. The van der Waals surface area contributed by atoms with Crippen molar-refractivity contribution in [3.05, 3.63) is 53.9 Å². The number of aryl methyl sites for hydroxylation is 1. The van der Waals surface area contributed by atoms with Crippen LogP contribution in [0.15, 0.2) is 42.7 Å². The van der Waals surface area contributed by atoms with Gasteiger partial charge < -0.3 is 14.6 Å². The summed E-state index contributed by atoms with van der Waals surface area (Å²) in [5.41, 5.74) is 1.95. The summed E-state index contributed by atoms with van der Waals surface area (Å²) in [4.78, 5) is 4.03. The Morgan fingerprint density at radius 1 is 1.18 bits per heavy atom. The molecule has 1 N–H and O–H groups in total. The number of pyridine rings is 1. The fourth-order valence-corrected chi connectivity index (χ4v) is 2.26. The van der Waals surface area contributed by atoms with Crippen molar-refractivity contribution in [3.8, 4) is 11.5 Å². The third-order valence-corrected chi connectivity index (χ3v) is 3.37. The van der Waals surface area contributed by atoms with E-state index < -0.39 is 6.10 Å². The molecule has 0 aliphatic carbocycles. The zero-order valence-corrected chi connectivity index (χ0v) is 13.3. The van der Waals surface area contributed by atoms with Crippen LogP contribution in [-0.2, 0) is 6.42 Å². The third kappa shape index (κ3) is 4.46. The van der Waals surface area contributed by atoms with E-state index in [1.165, 1.54) is 0 Å². The van der Waals surface area contributed by atoms with Gasteiger partial charge in [-0.3, -0.25) is 4.98 Å². The number of rotatable bonds is 7. The van der Waals surface area contributed by atoms with E-state index in [0.29, 0.717) is 6.42 Å². The van der Waals surface area contributed by atoms with Gasteiger partial charge in [-0.15, -0.1) is 0 Å². The van der Waals surface area contributed by atoms with Crippen molar-refractivity contribution in [1.82, 2.24) is 4.98 Å². The van der Waals surface area contributed by atoms with Crippen LogP contribution in [0.25, 0.3) is 0 Å². The average Bonchev–Trinajstić information content (AvgIpc) is 2.54. The Bertz CT molecular complexity index is 584.